The summed E-state index contributed by atoms with van der Waals surface area (Å²) in [4.78, 5) is 7.67. The van der Waals surface area contributed by atoms with Crippen LogP contribution >= 0.6 is 0 Å². The Labute approximate surface area is 203 Å². The van der Waals surface area contributed by atoms with Crippen molar-refractivity contribution in [2.75, 3.05) is 39.3 Å². The molecule has 3 heterocycles. The van der Waals surface area contributed by atoms with Crippen LogP contribution in [0.4, 0.5) is 0 Å². The molecule has 3 heteroatoms. The van der Waals surface area contributed by atoms with Crippen molar-refractivity contribution >= 4 is 0 Å². The van der Waals surface area contributed by atoms with Crippen molar-refractivity contribution < 1.29 is 0 Å². The number of hydrogen-bond donors (Lipinski definition) is 0. The number of likely N-dealkylation sites (tertiary alicyclic amines) is 3. The summed E-state index contributed by atoms with van der Waals surface area (Å²) in [6.07, 6.45) is 2.83. The summed E-state index contributed by atoms with van der Waals surface area (Å²) >= 11 is 0. The van der Waals surface area contributed by atoms with E-state index in [0.29, 0.717) is 0 Å². The zero-order chi connectivity index (χ0) is 24.6. The Balaban J connectivity index is 0.000000240. The molecule has 0 radical (unpaired) electrons. The summed E-state index contributed by atoms with van der Waals surface area (Å²) in [7, 11) is 0. The van der Waals surface area contributed by atoms with Crippen molar-refractivity contribution in [3.8, 4) is 0 Å². The molecule has 3 fully saturated rings. The summed E-state index contributed by atoms with van der Waals surface area (Å²) in [5.74, 6) is 5.57. The van der Waals surface area contributed by atoms with Crippen LogP contribution < -0.4 is 0 Å². The molecule has 192 valence electrons. The lowest BCUT2D eigenvalue weighted by molar-refractivity contribution is 0.0408. The normalized spacial score (nSPS) is 23.6. The van der Waals surface area contributed by atoms with E-state index in [-0.39, 0.29) is 0 Å². The fourth-order valence-electron chi connectivity index (χ4n) is 5.07. The van der Waals surface area contributed by atoms with Gasteiger partial charge in [0.2, 0.25) is 0 Å². The van der Waals surface area contributed by atoms with E-state index in [9.17, 15) is 0 Å². The fraction of sp³-hybridized carbons (Fsp3) is 1.00. The molecule has 3 rings (SSSR count). The molecule has 3 aliphatic heterocycles. The van der Waals surface area contributed by atoms with Gasteiger partial charge in [0.15, 0.2) is 0 Å². The Morgan fingerprint density at radius 1 is 0.531 bits per heavy atom. The summed E-state index contributed by atoms with van der Waals surface area (Å²) < 4.78 is 0. The summed E-state index contributed by atoms with van der Waals surface area (Å²) in [5, 5.41) is 0. The molecule has 1 atom stereocenters. The molecule has 3 nitrogen and oxygen atoms in total. The molecule has 1 unspecified atom stereocenters. The van der Waals surface area contributed by atoms with Crippen molar-refractivity contribution in [1.82, 2.24) is 14.7 Å². The second kappa shape index (κ2) is 14.3. The Hall–Kier alpha value is -0.120. The van der Waals surface area contributed by atoms with Gasteiger partial charge < -0.3 is 14.7 Å². The van der Waals surface area contributed by atoms with Crippen LogP contribution in [0.15, 0.2) is 0 Å². The van der Waals surface area contributed by atoms with Crippen LogP contribution in [0.3, 0.4) is 0 Å². The molecule has 0 aromatic carbocycles. The number of rotatable bonds is 7. The third kappa shape index (κ3) is 10.4. The van der Waals surface area contributed by atoms with Crippen LogP contribution in [0.2, 0.25) is 0 Å². The standard InChI is InChI=1S/2C10H21N.C9H19N/c1-8(2)5-10-6-11(7-10)9(3)4;1-8(2)10-5-6-11(7-10)9(3)4;1-7(2)9-5-10(6-9)8(3)4/h2*8-10H,5-7H2,1-4H3;7-9H,5-6H2,1-4H3. The highest BCUT2D eigenvalue weighted by molar-refractivity contribution is 4.84. The maximum absolute atomic E-state index is 2.59. The first kappa shape index (κ1) is 29.9. The van der Waals surface area contributed by atoms with Gasteiger partial charge in [-0.05, 0) is 96.4 Å². The molecule has 0 aliphatic carbocycles. The first-order chi connectivity index (χ1) is 14.8. The highest BCUT2D eigenvalue weighted by Gasteiger charge is 2.30. The number of hydrogen-bond acceptors (Lipinski definition) is 3. The highest BCUT2D eigenvalue weighted by atomic mass is 15.2. The first-order valence-electron chi connectivity index (χ1n) is 14.0. The zero-order valence-electron chi connectivity index (χ0n) is 24.2. The van der Waals surface area contributed by atoms with Crippen molar-refractivity contribution in [3.05, 3.63) is 0 Å². The summed E-state index contributed by atoms with van der Waals surface area (Å²) in [6.45, 7) is 35.7. The van der Waals surface area contributed by atoms with Gasteiger partial charge in [-0.2, -0.15) is 0 Å². The predicted octanol–water partition coefficient (Wildman–Crippen LogP) is 6.73. The average Bonchev–Trinajstić information content (AvgIpc) is 3.07. The quantitative estimate of drug-likeness (QED) is 0.425. The molecule has 3 saturated heterocycles. The minimum Gasteiger partial charge on any atom is -0.301 e. The molecule has 32 heavy (non-hydrogen) atoms. The van der Waals surface area contributed by atoms with E-state index in [1.54, 1.807) is 0 Å². The Kier molecular flexibility index (Phi) is 13.4. The summed E-state index contributed by atoms with van der Waals surface area (Å²) in [5.41, 5.74) is 0. The topological polar surface area (TPSA) is 9.72 Å². The molecular weight excluding hydrogens is 390 g/mol. The average molecular weight is 452 g/mol. The number of nitrogens with zero attached hydrogens (tertiary/aromatic N) is 3. The van der Waals surface area contributed by atoms with E-state index in [1.165, 1.54) is 52.1 Å². The van der Waals surface area contributed by atoms with Gasteiger partial charge in [-0.15, -0.1) is 0 Å². The van der Waals surface area contributed by atoms with Crippen molar-refractivity contribution in [2.45, 2.75) is 114 Å². The van der Waals surface area contributed by atoms with Crippen molar-refractivity contribution in [2.24, 2.45) is 35.5 Å². The van der Waals surface area contributed by atoms with E-state index >= 15 is 0 Å². The molecule has 0 N–H and O–H groups in total. The van der Waals surface area contributed by atoms with Gasteiger partial charge in [0.25, 0.3) is 0 Å². The zero-order valence-corrected chi connectivity index (χ0v) is 24.2. The third-order valence-corrected chi connectivity index (χ3v) is 8.06. The Morgan fingerprint density at radius 2 is 0.938 bits per heavy atom. The van der Waals surface area contributed by atoms with Gasteiger partial charge >= 0.3 is 0 Å². The molecule has 0 aromatic heterocycles. The van der Waals surface area contributed by atoms with Crippen LogP contribution in [0.5, 0.6) is 0 Å². The Morgan fingerprint density at radius 3 is 1.25 bits per heavy atom. The van der Waals surface area contributed by atoms with E-state index in [4.69, 9.17) is 0 Å². The maximum Gasteiger partial charge on any atom is 0.00388 e. The van der Waals surface area contributed by atoms with Crippen LogP contribution in [0.1, 0.15) is 95.9 Å². The summed E-state index contributed by atoms with van der Waals surface area (Å²) in [6, 6.07) is 2.27. The highest BCUT2D eigenvalue weighted by Crippen LogP contribution is 2.26. The van der Waals surface area contributed by atoms with Gasteiger partial charge in [0, 0.05) is 50.8 Å². The lowest BCUT2D eigenvalue weighted by Crippen LogP contribution is -2.51. The van der Waals surface area contributed by atoms with Crippen LogP contribution in [-0.4, -0.2) is 72.1 Å². The second-order valence-corrected chi connectivity index (χ2v) is 13.0. The lowest BCUT2D eigenvalue weighted by Gasteiger charge is -2.44. The Bertz CT molecular complexity index is 445. The smallest absolute Gasteiger partial charge is 0.00388 e. The van der Waals surface area contributed by atoms with Crippen LogP contribution in [0.25, 0.3) is 0 Å². The molecule has 3 aliphatic rings. The molecule has 0 amide bonds. The largest absolute Gasteiger partial charge is 0.301 e. The maximum atomic E-state index is 2.59. The monoisotopic (exact) mass is 451 g/mol. The van der Waals surface area contributed by atoms with Crippen molar-refractivity contribution in [1.29, 1.82) is 0 Å². The molecule has 0 spiro atoms. The third-order valence-electron chi connectivity index (χ3n) is 8.06. The first-order valence-corrected chi connectivity index (χ1v) is 14.0. The molecule has 0 aromatic rings. The van der Waals surface area contributed by atoms with Gasteiger partial charge in [-0.1, -0.05) is 41.5 Å². The lowest BCUT2D eigenvalue weighted by atomic mass is 9.87. The minimum atomic E-state index is 0.749. The molecular formula is C29H61N3. The van der Waals surface area contributed by atoms with E-state index in [2.05, 4.69) is 97.8 Å². The fourth-order valence-corrected chi connectivity index (χ4v) is 5.07. The van der Waals surface area contributed by atoms with Gasteiger partial charge in [0.05, 0.1) is 0 Å². The van der Waals surface area contributed by atoms with Crippen LogP contribution in [0, 0.1) is 35.5 Å². The minimum absolute atomic E-state index is 0.749. The molecule has 0 bridgehead atoms. The van der Waals surface area contributed by atoms with Gasteiger partial charge in [0.1, 0.15) is 0 Å². The van der Waals surface area contributed by atoms with E-state index in [0.717, 1.165) is 53.6 Å². The second-order valence-electron chi connectivity index (χ2n) is 13.0. The van der Waals surface area contributed by atoms with Crippen LogP contribution in [-0.2, 0) is 0 Å². The van der Waals surface area contributed by atoms with Gasteiger partial charge in [-0.3, -0.25) is 0 Å². The van der Waals surface area contributed by atoms with E-state index < -0.39 is 0 Å². The molecule has 0 saturated carbocycles. The van der Waals surface area contributed by atoms with E-state index in [1.807, 2.05) is 0 Å². The van der Waals surface area contributed by atoms with Crippen molar-refractivity contribution in [3.63, 3.8) is 0 Å². The SMILES string of the molecule is CC(C)C1CCN(C(C)C)C1.CC(C)C1CN(C(C)C)C1.CC(C)CC1CN(C(C)C)C1. The predicted molar refractivity (Wildman–Crippen MR) is 144 cm³/mol. The van der Waals surface area contributed by atoms with Gasteiger partial charge in [-0.25, -0.2) is 0 Å².